The number of pyridine rings is 1. The zero-order chi connectivity index (χ0) is 15.4. The number of anilines is 2. The van der Waals surface area contributed by atoms with E-state index in [2.05, 4.69) is 10.3 Å². The molecule has 0 aliphatic rings. The van der Waals surface area contributed by atoms with Crippen LogP contribution in [-0.4, -0.2) is 25.1 Å². The highest BCUT2D eigenvalue weighted by Gasteiger charge is 2.12. The SMILES string of the molecule is COc1ccc(NC(=O)c2cc(N)cnc2C)cc1OC. The van der Waals surface area contributed by atoms with Crippen molar-refractivity contribution in [3.63, 3.8) is 0 Å². The maximum Gasteiger partial charge on any atom is 0.257 e. The zero-order valence-electron chi connectivity index (χ0n) is 12.1. The normalized spacial score (nSPS) is 10.0. The monoisotopic (exact) mass is 287 g/mol. The van der Waals surface area contributed by atoms with Crippen LogP contribution >= 0.6 is 0 Å². The largest absolute Gasteiger partial charge is 0.493 e. The molecule has 0 aliphatic heterocycles. The fourth-order valence-electron chi connectivity index (χ4n) is 1.89. The van der Waals surface area contributed by atoms with Gasteiger partial charge < -0.3 is 20.5 Å². The van der Waals surface area contributed by atoms with Crippen molar-refractivity contribution in [2.75, 3.05) is 25.3 Å². The van der Waals surface area contributed by atoms with E-state index in [-0.39, 0.29) is 5.91 Å². The Bertz CT molecular complexity index is 671. The molecule has 0 saturated carbocycles. The molecular weight excluding hydrogens is 270 g/mol. The number of rotatable bonds is 4. The van der Waals surface area contributed by atoms with Crippen LogP contribution in [0.3, 0.4) is 0 Å². The quantitative estimate of drug-likeness (QED) is 0.900. The zero-order valence-corrected chi connectivity index (χ0v) is 12.1. The summed E-state index contributed by atoms with van der Waals surface area (Å²) >= 11 is 0. The Morgan fingerprint density at radius 2 is 1.90 bits per heavy atom. The molecule has 1 heterocycles. The van der Waals surface area contributed by atoms with Gasteiger partial charge >= 0.3 is 0 Å². The highest BCUT2D eigenvalue weighted by molar-refractivity contribution is 6.05. The van der Waals surface area contributed by atoms with Crippen molar-refractivity contribution in [2.45, 2.75) is 6.92 Å². The molecule has 1 aromatic carbocycles. The van der Waals surface area contributed by atoms with Gasteiger partial charge in [0.1, 0.15) is 0 Å². The Kier molecular flexibility index (Phi) is 4.27. The number of nitrogens with zero attached hydrogens (tertiary/aromatic N) is 1. The van der Waals surface area contributed by atoms with Gasteiger partial charge in [0.05, 0.1) is 37.4 Å². The number of carbonyl (C=O) groups is 1. The van der Waals surface area contributed by atoms with Gasteiger partial charge in [0.2, 0.25) is 0 Å². The Labute approximate surface area is 122 Å². The number of carbonyl (C=O) groups excluding carboxylic acids is 1. The Hall–Kier alpha value is -2.76. The number of benzene rings is 1. The van der Waals surface area contributed by atoms with E-state index in [0.717, 1.165) is 0 Å². The fourth-order valence-corrected chi connectivity index (χ4v) is 1.89. The predicted octanol–water partition coefficient (Wildman–Crippen LogP) is 2.24. The van der Waals surface area contributed by atoms with E-state index in [4.69, 9.17) is 15.2 Å². The van der Waals surface area contributed by atoms with E-state index < -0.39 is 0 Å². The van der Waals surface area contributed by atoms with Crippen molar-refractivity contribution in [3.05, 3.63) is 41.7 Å². The lowest BCUT2D eigenvalue weighted by Gasteiger charge is -2.11. The number of hydrogen-bond acceptors (Lipinski definition) is 5. The molecule has 6 nitrogen and oxygen atoms in total. The number of methoxy groups -OCH3 is 2. The van der Waals surface area contributed by atoms with Crippen molar-refractivity contribution < 1.29 is 14.3 Å². The summed E-state index contributed by atoms with van der Waals surface area (Å²) < 4.78 is 10.3. The molecule has 0 unspecified atom stereocenters. The van der Waals surface area contributed by atoms with Gasteiger partial charge in [-0.3, -0.25) is 9.78 Å². The molecule has 2 rings (SSSR count). The molecule has 0 bridgehead atoms. The minimum Gasteiger partial charge on any atom is -0.493 e. The van der Waals surface area contributed by atoms with Crippen LogP contribution in [0, 0.1) is 6.92 Å². The van der Waals surface area contributed by atoms with Crippen molar-refractivity contribution in [2.24, 2.45) is 0 Å². The molecule has 0 aliphatic carbocycles. The molecule has 6 heteroatoms. The summed E-state index contributed by atoms with van der Waals surface area (Å²) in [6, 6.07) is 6.73. The van der Waals surface area contributed by atoms with Gasteiger partial charge in [0.15, 0.2) is 11.5 Å². The first-order valence-corrected chi connectivity index (χ1v) is 6.30. The third kappa shape index (κ3) is 3.22. The van der Waals surface area contributed by atoms with E-state index in [1.54, 1.807) is 38.3 Å². The van der Waals surface area contributed by atoms with Crippen LogP contribution in [0.2, 0.25) is 0 Å². The second kappa shape index (κ2) is 6.13. The first kappa shape index (κ1) is 14.6. The maximum atomic E-state index is 12.3. The third-order valence-corrected chi connectivity index (χ3v) is 2.99. The summed E-state index contributed by atoms with van der Waals surface area (Å²) in [6.45, 7) is 1.75. The number of nitrogen functional groups attached to an aromatic ring is 1. The molecule has 0 atom stereocenters. The summed E-state index contributed by atoms with van der Waals surface area (Å²) in [5.41, 5.74) is 7.75. The highest BCUT2D eigenvalue weighted by atomic mass is 16.5. The van der Waals surface area contributed by atoms with Crippen LogP contribution in [0.25, 0.3) is 0 Å². The molecule has 2 aromatic rings. The van der Waals surface area contributed by atoms with Crippen LogP contribution in [0.4, 0.5) is 11.4 Å². The first-order chi connectivity index (χ1) is 10.0. The van der Waals surface area contributed by atoms with Crippen LogP contribution in [-0.2, 0) is 0 Å². The van der Waals surface area contributed by atoms with E-state index >= 15 is 0 Å². The second-order valence-electron chi connectivity index (χ2n) is 4.43. The molecule has 0 spiro atoms. The number of aromatic nitrogens is 1. The predicted molar refractivity (Wildman–Crippen MR) is 80.9 cm³/mol. The standard InChI is InChI=1S/C15H17N3O3/c1-9-12(6-10(16)8-17-9)15(19)18-11-4-5-13(20-2)14(7-11)21-3/h4-8H,16H2,1-3H3,(H,18,19). The van der Waals surface area contributed by atoms with Crippen molar-refractivity contribution in [3.8, 4) is 11.5 Å². The molecule has 110 valence electrons. The second-order valence-corrected chi connectivity index (χ2v) is 4.43. The lowest BCUT2D eigenvalue weighted by Crippen LogP contribution is -2.14. The van der Waals surface area contributed by atoms with Crippen LogP contribution < -0.4 is 20.5 Å². The number of aryl methyl sites for hydroxylation is 1. The number of hydrogen-bond donors (Lipinski definition) is 2. The molecular formula is C15H17N3O3. The number of nitrogens with one attached hydrogen (secondary N) is 1. The maximum absolute atomic E-state index is 12.3. The van der Waals surface area contributed by atoms with Crippen LogP contribution in [0.5, 0.6) is 11.5 Å². The van der Waals surface area contributed by atoms with Crippen molar-refractivity contribution >= 4 is 17.3 Å². The molecule has 0 radical (unpaired) electrons. The van der Waals surface area contributed by atoms with Gasteiger partial charge in [-0.15, -0.1) is 0 Å². The number of nitrogens with two attached hydrogens (primary N) is 1. The molecule has 3 N–H and O–H groups in total. The minimum atomic E-state index is -0.278. The van der Waals surface area contributed by atoms with Gasteiger partial charge in [-0.2, -0.15) is 0 Å². The van der Waals surface area contributed by atoms with Gasteiger partial charge in [-0.05, 0) is 25.1 Å². The smallest absolute Gasteiger partial charge is 0.257 e. The summed E-state index contributed by atoms with van der Waals surface area (Å²) in [5.74, 6) is 0.856. The minimum absolute atomic E-state index is 0.278. The Morgan fingerprint density at radius 1 is 1.19 bits per heavy atom. The summed E-state index contributed by atoms with van der Waals surface area (Å²) in [5, 5.41) is 2.78. The highest BCUT2D eigenvalue weighted by Crippen LogP contribution is 2.30. The van der Waals surface area contributed by atoms with Gasteiger partial charge in [-0.1, -0.05) is 0 Å². The summed E-state index contributed by atoms with van der Waals surface area (Å²) in [7, 11) is 3.09. The Morgan fingerprint density at radius 3 is 2.57 bits per heavy atom. The Balaban J connectivity index is 2.25. The van der Waals surface area contributed by atoms with Crippen LogP contribution in [0.1, 0.15) is 16.1 Å². The summed E-state index contributed by atoms with van der Waals surface area (Å²) in [6.07, 6.45) is 1.52. The molecule has 1 amide bonds. The molecule has 0 fully saturated rings. The van der Waals surface area contributed by atoms with E-state index in [1.807, 2.05) is 0 Å². The lowest BCUT2D eigenvalue weighted by molar-refractivity contribution is 0.102. The first-order valence-electron chi connectivity index (χ1n) is 6.30. The van der Waals surface area contributed by atoms with E-state index in [0.29, 0.717) is 34.1 Å². The molecule has 1 aromatic heterocycles. The third-order valence-electron chi connectivity index (χ3n) is 2.99. The van der Waals surface area contributed by atoms with Crippen LogP contribution in [0.15, 0.2) is 30.5 Å². The van der Waals surface area contributed by atoms with E-state index in [1.165, 1.54) is 13.3 Å². The average molecular weight is 287 g/mol. The van der Waals surface area contributed by atoms with E-state index in [9.17, 15) is 4.79 Å². The summed E-state index contributed by atoms with van der Waals surface area (Å²) in [4.78, 5) is 16.3. The topological polar surface area (TPSA) is 86.5 Å². The van der Waals surface area contributed by atoms with Gasteiger partial charge in [-0.25, -0.2) is 0 Å². The van der Waals surface area contributed by atoms with Gasteiger partial charge in [0, 0.05) is 11.8 Å². The van der Waals surface area contributed by atoms with Crippen molar-refractivity contribution in [1.82, 2.24) is 4.98 Å². The number of ether oxygens (including phenoxy) is 2. The molecule has 0 saturated heterocycles. The van der Waals surface area contributed by atoms with Crippen molar-refractivity contribution in [1.29, 1.82) is 0 Å². The lowest BCUT2D eigenvalue weighted by atomic mass is 10.1. The number of amides is 1. The van der Waals surface area contributed by atoms with Gasteiger partial charge in [0.25, 0.3) is 5.91 Å². The fraction of sp³-hybridized carbons (Fsp3) is 0.200. The average Bonchev–Trinajstić information content (AvgIpc) is 2.49. The molecule has 21 heavy (non-hydrogen) atoms.